The van der Waals surface area contributed by atoms with Crippen molar-refractivity contribution in [2.24, 2.45) is 5.41 Å². The van der Waals surface area contributed by atoms with E-state index in [4.69, 9.17) is 11.6 Å². The van der Waals surface area contributed by atoms with Gasteiger partial charge in [-0.15, -0.1) is 0 Å². The molecule has 0 unspecified atom stereocenters. The van der Waals surface area contributed by atoms with E-state index >= 15 is 0 Å². The molecule has 0 spiro atoms. The lowest BCUT2D eigenvalue weighted by molar-refractivity contribution is -0.153. The van der Waals surface area contributed by atoms with Gasteiger partial charge in [-0.2, -0.15) is 0 Å². The average Bonchev–Trinajstić information content (AvgIpc) is 2.21. The molecule has 0 atom stereocenters. The first kappa shape index (κ1) is 12.2. The summed E-state index contributed by atoms with van der Waals surface area (Å²) < 4.78 is 0. The molecule has 1 aliphatic rings. The molecule has 1 saturated carbocycles. The first-order valence-electron chi connectivity index (χ1n) is 5.77. The van der Waals surface area contributed by atoms with Crippen LogP contribution in [-0.2, 0) is 4.79 Å². The minimum Gasteiger partial charge on any atom is -0.481 e. The number of carboxylic acids is 1. The van der Waals surface area contributed by atoms with Crippen LogP contribution in [0.2, 0.25) is 5.02 Å². The summed E-state index contributed by atoms with van der Waals surface area (Å²) in [6.45, 7) is 2.42. The van der Waals surface area contributed by atoms with E-state index in [0.29, 0.717) is 11.6 Å². The van der Waals surface area contributed by atoms with Crippen LogP contribution in [0.15, 0.2) is 18.2 Å². The fraction of sp³-hybridized carbons (Fsp3) is 0.462. The number of benzene rings is 1. The largest absolute Gasteiger partial charge is 0.481 e. The van der Waals surface area contributed by atoms with Crippen molar-refractivity contribution in [2.45, 2.75) is 26.2 Å². The molecular weight excluding hydrogens is 238 g/mol. The normalized spacial score (nSPS) is 17.3. The van der Waals surface area contributed by atoms with E-state index in [2.05, 4.69) is 5.32 Å². The van der Waals surface area contributed by atoms with Gasteiger partial charge in [0.1, 0.15) is 0 Å². The van der Waals surface area contributed by atoms with E-state index in [1.54, 1.807) is 0 Å². The minimum atomic E-state index is -0.700. The maximum Gasteiger partial charge on any atom is 0.311 e. The zero-order valence-electron chi connectivity index (χ0n) is 9.79. The van der Waals surface area contributed by atoms with Crippen LogP contribution in [0.25, 0.3) is 0 Å². The van der Waals surface area contributed by atoms with E-state index in [0.717, 1.165) is 30.5 Å². The monoisotopic (exact) mass is 253 g/mol. The van der Waals surface area contributed by atoms with Crippen LogP contribution in [0.4, 0.5) is 5.69 Å². The molecule has 0 radical (unpaired) electrons. The highest BCUT2D eigenvalue weighted by atomic mass is 35.5. The Balaban J connectivity index is 2.02. The molecule has 2 N–H and O–H groups in total. The summed E-state index contributed by atoms with van der Waals surface area (Å²) in [4.78, 5) is 11.2. The van der Waals surface area contributed by atoms with E-state index in [1.165, 1.54) is 0 Å². The molecule has 0 aromatic heterocycles. The standard InChI is InChI=1S/C13H16ClNO2/c1-9-3-4-10(7-11(9)14)15-8-13(12(16)17)5-2-6-13/h3-4,7,15H,2,5-6,8H2,1H3,(H,16,17). The predicted molar refractivity (Wildman–Crippen MR) is 68.6 cm³/mol. The zero-order valence-corrected chi connectivity index (χ0v) is 10.5. The zero-order chi connectivity index (χ0) is 12.5. The van der Waals surface area contributed by atoms with Crippen LogP contribution in [0.1, 0.15) is 24.8 Å². The topological polar surface area (TPSA) is 49.3 Å². The lowest BCUT2D eigenvalue weighted by atomic mass is 9.69. The summed E-state index contributed by atoms with van der Waals surface area (Å²) >= 11 is 6.02. The fourth-order valence-corrected chi connectivity index (χ4v) is 2.22. The Morgan fingerprint density at radius 1 is 1.53 bits per heavy atom. The van der Waals surface area contributed by atoms with E-state index < -0.39 is 11.4 Å². The van der Waals surface area contributed by atoms with E-state index in [1.807, 2.05) is 25.1 Å². The number of aliphatic carboxylic acids is 1. The Bertz CT molecular complexity index is 441. The molecule has 4 heteroatoms. The van der Waals surface area contributed by atoms with E-state index in [-0.39, 0.29) is 0 Å². The number of anilines is 1. The second-order valence-electron chi connectivity index (χ2n) is 4.76. The number of hydrogen-bond donors (Lipinski definition) is 2. The SMILES string of the molecule is Cc1ccc(NCC2(C(=O)O)CCC2)cc1Cl. The van der Waals surface area contributed by atoms with Gasteiger partial charge in [0, 0.05) is 17.3 Å². The summed E-state index contributed by atoms with van der Waals surface area (Å²) in [6, 6.07) is 5.69. The molecule has 17 heavy (non-hydrogen) atoms. The Labute approximate surface area is 106 Å². The molecule has 92 valence electrons. The van der Waals surface area contributed by atoms with Crippen LogP contribution >= 0.6 is 11.6 Å². The number of carboxylic acid groups (broad SMARTS) is 1. The molecule has 1 aliphatic carbocycles. The number of rotatable bonds is 4. The summed E-state index contributed by atoms with van der Waals surface area (Å²) in [7, 11) is 0. The Kier molecular flexibility index (Phi) is 3.29. The molecule has 0 saturated heterocycles. The lowest BCUT2D eigenvalue weighted by Crippen LogP contribution is -2.43. The van der Waals surface area contributed by atoms with Crippen molar-refractivity contribution in [3.8, 4) is 0 Å². The van der Waals surface area contributed by atoms with Crippen molar-refractivity contribution >= 4 is 23.3 Å². The van der Waals surface area contributed by atoms with Crippen LogP contribution in [0, 0.1) is 12.3 Å². The quantitative estimate of drug-likeness (QED) is 0.866. The summed E-state index contributed by atoms with van der Waals surface area (Å²) in [5.74, 6) is -0.700. The summed E-state index contributed by atoms with van der Waals surface area (Å²) in [5, 5.41) is 13.1. The maximum absolute atomic E-state index is 11.2. The van der Waals surface area contributed by atoms with Crippen LogP contribution in [-0.4, -0.2) is 17.6 Å². The number of hydrogen-bond acceptors (Lipinski definition) is 2. The van der Waals surface area contributed by atoms with Gasteiger partial charge >= 0.3 is 5.97 Å². The number of nitrogens with one attached hydrogen (secondary N) is 1. The first-order valence-corrected chi connectivity index (χ1v) is 6.15. The fourth-order valence-electron chi connectivity index (χ4n) is 2.04. The van der Waals surface area contributed by atoms with Gasteiger partial charge in [-0.3, -0.25) is 4.79 Å². The molecular formula is C13H16ClNO2. The highest BCUT2D eigenvalue weighted by molar-refractivity contribution is 6.31. The maximum atomic E-state index is 11.2. The van der Waals surface area contributed by atoms with Crippen molar-refractivity contribution < 1.29 is 9.90 Å². The predicted octanol–water partition coefficient (Wildman–Crippen LogP) is 3.32. The molecule has 1 fully saturated rings. The highest BCUT2D eigenvalue weighted by Crippen LogP contribution is 2.41. The van der Waals surface area contributed by atoms with Crippen molar-refractivity contribution in [3.05, 3.63) is 28.8 Å². The van der Waals surface area contributed by atoms with Gasteiger partial charge in [0.25, 0.3) is 0 Å². The number of carbonyl (C=O) groups is 1. The van der Waals surface area contributed by atoms with Gasteiger partial charge in [-0.25, -0.2) is 0 Å². The highest BCUT2D eigenvalue weighted by Gasteiger charge is 2.44. The first-order chi connectivity index (χ1) is 8.03. The van der Waals surface area contributed by atoms with Gasteiger partial charge in [-0.1, -0.05) is 24.1 Å². The third-order valence-electron chi connectivity index (χ3n) is 3.57. The molecule has 1 aromatic rings. The Morgan fingerprint density at radius 2 is 2.24 bits per heavy atom. The van der Waals surface area contributed by atoms with Gasteiger partial charge in [-0.05, 0) is 37.5 Å². The van der Waals surface area contributed by atoms with Gasteiger partial charge in [0.15, 0.2) is 0 Å². The van der Waals surface area contributed by atoms with Crippen molar-refractivity contribution in [3.63, 3.8) is 0 Å². The molecule has 1 aromatic carbocycles. The third-order valence-corrected chi connectivity index (χ3v) is 3.97. The van der Waals surface area contributed by atoms with Crippen LogP contribution in [0.5, 0.6) is 0 Å². The Morgan fingerprint density at radius 3 is 2.71 bits per heavy atom. The minimum absolute atomic E-state index is 0.474. The molecule has 0 amide bonds. The molecule has 0 bridgehead atoms. The smallest absolute Gasteiger partial charge is 0.311 e. The summed E-state index contributed by atoms with van der Waals surface area (Å²) in [5.41, 5.74) is 1.33. The molecule has 3 nitrogen and oxygen atoms in total. The number of halogens is 1. The van der Waals surface area contributed by atoms with Crippen molar-refractivity contribution in [1.29, 1.82) is 0 Å². The second-order valence-corrected chi connectivity index (χ2v) is 5.16. The second kappa shape index (κ2) is 4.57. The third kappa shape index (κ3) is 2.39. The van der Waals surface area contributed by atoms with Crippen molar-refractivity contribution in [1.82, 2.24) is 0 Å². The molecule has 2 rings (SSSR count). The van der Waals surface area contributed by atoms with Crippen molar-refractivity contribution in [2.75, 3.05) is 11.9 Å². The summed E-state index contributed by atoms with van der Waals surface area (Å²) in [6.07, 6.45) is 2.52. The molecule has 0 aliphatic heterocycles. The van der Waals surface area contributed by atoms with Crippen LogP contribution in [0.3, 0.4) is 0 Å². The van der Waals surface area contributed by atoms with Gasteiger partial charge < -0.3 is 10.4 Å². The average molecular weight is 254 g/mol. The number of aryl methyl sites for hydroxylation is 1. The van der Waals surface area contributed by atoms with E-state index in [9.17, 15) is 9.90 Å². The van der Waals surface area contributed by atoms with Gasteiger partial charge in [0.05, 0.1) is 5.41 Å². The van der Waals surface area contributed by atoms with Gasteiger partial charge in [0.2, 0.25) is 0 Å². The molecule has 0 heterocycles. The Hall–Kier alpha value is -1.22. The lowest BCUT2D eigenvalue weighted by Gasteiger charge is -2.37. The van der Waals surface area contributed by atoms with Crippen LogP contribution < -0.4 is 5.32 Å².